The maximum Gasteiger partial charge on any atom is 0.231 e. The number of fused-ring (bicyclic) bond motifs is 1. The number of piperidine rings is 1. The molecule has 1 aliphatic rings. The van der Waals surface area contributed by atoms with Crippen molar-refractivity contribution in [1.82, 2.24) is 19.9 Å². The molecular weight excluding hydrogens is 382 g/mol. The van der Waals surface area contributed by atoms with E-state index >= 15 is 0 Å². The number of hydrogen-bond acceptors (Lipinski definition) is 6. The Morgan fingerprint density at radius 2 is 2.07 bits per heavy atom. The number of carbonyl (C=O) groups excluding carboxylic acids is 1. The first kappa shape index (κ1) is 20.0. The Bertz CT molecular complexity index is 1050. The zero-order valence-electron chi connectivity index (χ0n) is 17.6. The van der Waals surface area contributed by atoms with Gasteiger partial charge in [-0.3, -0.25) is 9.20 Å². The highest BCUT2D eigenvalue weighted by Gasteiger charge is 2.28. The second kappa shape index (κ2) is 8.61. The predicted molar refractivity (Wildman–Crippen MR) is 114 cm³/mol. The van der Waals surface area contributed by atoms with E-state index < -0.39 is 0 Å². The first-order valence-electron chi connectivity index (χ1n) is 10.1. The van der Waals surface area contributed by atoms with Crippen LogP contribution in [0.4, 0.5) is 5.95 Å². The van der Waals surface area contributed by atoms with Crippen LogP contribution in [0.15, 0.2) is 36.4 Å². The van der Waals surface area contributed by atoms with Crippen LogP contribution < -0.4 is 19.7 Å². The van der Waals surface area contributed by atoms with E-state index in [-0.39, 0.29) is 11.8 Å². The molecule has 30 heavy (non-hydrogen) atoms. The zero-order chi connectivity index (χ0) is 21.1. The summed E-state index contributed by atoms with van der Waals surface area (Å²) in [5, 5.41) is 11.7. The number of nitrogens with zero attached hydrogens (tertiary/aromatic N) is 4. The highest BCUT2D eigenvalue weighted by atomic mass is 16.5. The molecule has 0 saturated carbocycles. The van der Waals surface area contributed by atoms with Crippen molar-refractivity contribution in [3.05, 3.63) is 47.7 Å². The number of ether oxygens (including phenoxy) is 2. The lowest BCUT2D eigenvalue weighted by Gasteiger charge is -2.32. The Morgan fingerprint density at radius 3 is 2.87 bits per heavy atom. The van der Waals surface area contributed by atoms with Crippen molar-refractivity contribution < 1.29 is 14.3 Å². The van der Waals surface area contributed by atoms with E-state index in [9.17, 15) is 4.79 Å². The van der Waals surface area contributed by atoms with Gasteiger partial charge < -0.3 is 19.7 Å². The Labute approximate surface area is 175 Å². The van der Waals surface area contributed by atoms with Crippen LogP contribution in [0, 0.1) is 12.8 Å². The minimum Gasteiger partial charge on any atom is -0.497 e. The standard InChI is InChI=1S/C22H27N5O3/c1-15-6-4-8-20-24-25-22(27(15)20)26-11-5-7-17(14-26)21(28)23-13-16-9-10-18(29-2)12-19(16)30-3/h4,6,8-10,12,17H,5,7,11,13-14H2,1-3H3,(H,23,28)/t17-/m0/s1. The predicted octanol–water partition coefficient (Wildman–Crippen LogP) is 2.59. The number of nitrogens with one attached hydrogen (secondary N) is 1. The maximum absolute atomic E-state index is 12.9. The number of anilines is 1. The third-order valence-electron chi connectivity index (χ3n) is 5.63. The highest BCUT2D eigenvalue weighted by Crippen LogP contribution is 2.26. The number of aromatic nitrogens is 3. The summed E-state index contributed by atoms with van der Waals surface area (Å²) in [5.74, 6) is 2.17. The van der Waals surface area contributed by atoms with E-state index in [1.165, 1.54) is 0 Å². The zero-order valence-corrected chi connectivity index (χ0v) is 17.6. The van der Waals surface area contributed by atoms with Crippen LogP contribution >= 0.6 is 0 Å². The van der Waals surface area contributed by atoms with Gasteiger partial charge in [-0.1, -0.05) is 6.07 Å². The molecule has 1 N–H and O–H groups in total. The van der Waals surface area contributed by atoms with Crippen LogP contribution in [-0.2, 0) is 11.3 Å². The van der Waals surface area contributed by atoms with Gasteiger partial charge in [0.2, 0.25) is 11.9 Å². The third-order valence-corrected chi connectivity index (χ3v) is 5.63. The molecule has 1 aromatic carbocycles. The summed E-state index contributed by atoms with van der Waals surface area (Å²) in [6.07, 6.45) is 1.79. The van der Waals surface area contributed by atoms with Gasteiger partial charge in [0.05, 0.1) is 20.1 Å². The van der Waals surface area contributed by atoms with Crippen molar-refractivity contribution in [1.29, 1.82) is 0 Å². The minimum absolute atomic E-state index is 0.0445. The Balaban J connectivity index is 1.44. The smallest absolute Gasteiger partial charge is 0.231 e. The lowest BCUT2D eigenvalue weighted by molar-refractivity contribution is -0.125. The molecule has 1 aliphatic heterocycles. The van der Waals surface area contributed by atoms with Crippen LogP contribution in [0.3, 0.4) is 0 Å². The van der Waals surface area contributed by atoms with E-state index in [0.29, 0.717) is 18.8 Å². The highest BCUT2D eigenvalue weighted by molar-refractivity contribution is 5.79. The molecule has 2 aromatic heterocycles. The summed E-state index contributed by atoms with van der Waals surface area (Å²) in [7, 11) is 3.23. The van der Waals surface area contributed by atoms with Crippen molar-refractivity contribution in [2.75, 3.05) is 32.2 Å². The molecule has 0 unspecified atom stereocenters. The van der Waals surface area contributed by atoms with Crippen molar-refractivity contribution in [2.45, 2.75) is 26.3 Å². The van der Waals surface area contributed by atoms with Crippen LogP contribution in [0.1, 0.15) is 24.1 Å². The number of aryl methyl sites for hydroxylation is 1. The van der Waals surface area contributed by atoms with E-state index in [0.717, 1.165) is 48.0 Å². The van der Waals surface area contributed by atoms with Gasteiger partial charge in [0.1, 0.15) is 11.5 Å². The molecule has 0 radical (unpaired) electrons. The largest absolute Gasteiger partial charge is 0.497 e. The normalized spacial score (nSPS) is 16.5. The molecule has 3 heterocycles. The molecule has 158 valence electrons. The summed E-state index contributed by atoms with van der Waals surface area (Å²) < 4.78 is 12.7. The molecule has 1 fully saturated rings. The average Bonchev–Trinajstić information content (AvgIpc) is 3.23. The number of amides is 1. The van der Waals surface area contributed by atoms with Crippen LogP contribution in [0.2, 0.25) is 0 Å². The Morgan fingerprint density at radius 1 is 1.20 bits per heavy atom. The van der Waals surface area contributed by atoms with Crippen molar-refractivity contribution >= 4 is 17.5 Å². The molecule has 1 atom stereocenters. The number of benzene rings is 1. The van der Waals surface area contributed by atoms with Crippen LogP contribution in [-0.4, -0.2) is 47.8 Å². The van der Waals surface area contributed by atoms with E-state index in [1.807, 2.05) is 47.7 Å². The first-order chi connectivity index (χ1) is 14.6. The topological polar surface area (TPSA) is 81.0 Å². The fourth-order valence-electron chi connectivity index (χ4n) is 3.98. The molecule has 8 nitrogen and oxygen atoms in total. The second-order valence-electron chi connectivity index (χ2n) is 7.54. The molecule has 0 spiro atoms. The third kappa shape index (κ3) is 3.90. The Kier molecular flexibility index (Phi) is 5.74. The maximum atomic E-state index is 12.9. The minimum atomic E-state index is -0.0978. The summed E-state index contributed by atoms with van der Waals surface area (Å²) in [4.78, 5) is 15.1. The number of methoxy groups -OCH3 is 2. The van der Waals surface area contributed by atoms with Gasteiger partial charge in [-0.15, -0.1) is 10.2 Å². The number of carbonyl (C=O) groups is 1. The number of pyridine rings is 1. The van der Waals surface area contributed by atoms with E-state index in [4.69, 9.17) is 9.47 Å². The monoisotopic (exact) mass is 409 g/mol. The summed E-state index contributed by atoms with van der Waals surface area (Å²) >= 11 is 0. The molecular formula is C22H27N5O3. The molecule has 1 saturated heterocycles. The fraction of sp³-hybridized carbons (Fsp3) is 0.409. The van der Waals surface area contributed by atoms with Crippen LogP contribution in [0.25, 0.3) is 5.65 Å². The molecule has 8 heteroatoms. The summed E-state index contributed by atoms with van der Waals surface area (Å²) in [6, 6.07) is 11.6. The van der Waals surface area contributed by atoms with Crippen molar-refractivity contribution in [3.63, 3.8) is 0 Å². The molecule has 3 aromatic rings. The second-order valence-corrected chi connectivity index (χ2v) is 7.54. The average molecular weight is 409 g/mol. The molecule has 4 rings (SSSR count). The number of rotatable bonds is 6. The molecule has 1 amide bonds. The van der Waals surface area contributed by atoms with Gasteiger partial charge >= 0.3 is 0 Å². The van der Waals surface area contributed by atoms with Gasteiger partial charge in [-0.2, -0.15) is 0 Å². The molecule has 0 aliphatic carbocycles. The first-order valence-corrected chi connectivity index (χ1v) is 10.1. The van der Waals surface area contributed by atoms with E-state index in [1.54, 1.807) is 14.2 Å². The lowest BCUT2D eigenvalue weighted by atomic mass is 9.97. The summed E-state index contributed by atoms with van der Waals surface area (Å²) in [6.45, 7) is 3.94. The molecule has 0 bridgehead atoms. The van der Waals surface area contributed by atoms with E-state index in [2.05, 4.69) is 20.4 Å². The van der Waals surface area contributed by atoms with Gasteiger partial charge in [-0.05, 0) is 44.0 Å². The van der Waals surface area contributed by atoms with Crippen molar-refractivity contribution in [3.8, 4) is 11.5 Å². The van der Waals surface area contributed by atoms with Gasteiger partial charge in [0.25, 0.3) is 0 Å². The fourth-order valence-corrected chi connectivity index (χ4v) is 3.98. The van der Waals surface area contributed by atoms with Gasteiger partial charge in [0.15, 0.2) is 5.65 Å². The van der Waals surface area contributed by atoms with Crippen molar-refractivity contribution in [2.24, 2.45) is 5.92 Å². The Hall–Kier alpha value is -3.29. The van der Waals surface area contributed by atoms with Gasteiger partial charge in [-0.25, -0.2) is 0 Å². The SMILES string of the molecule is COc1ccc(CNC(=O)[C@H]2CCCN(c3nnc4cccc(C)n34)C2)c(OC)c1. The van der Waals surface area contributed by atoms with Crippen LogP contribution in [0.5, 0.6) is 11.5 Å². The van der Waals surface area contributed by atoms with Gasteiger partial charge in [0, 0.05) is 37.0 Å². The lowest BCUT2D eigenvalue weighted by Crippen LogP contribution is -2.43. The quantitative estimate of drug-likeness (QED) is 0.674. The summed E-state index contributed by atoms with van der Waals surface area (Å²) in [5.41, 5.74) is 2.81. The number of hydrogen-bond donors (Lipinski definition) is 1.